The predicted octanol–water partition coefficient (Wildman–Crippen LogP) is 2.69. The van der Waals surface area contributed by atoms with Gasteiger partial charge in [-0.15, -0.1) is 0 Å². The van der Waals surface area contributed by atoms with E-state index in [1.54, 1.807) is 30.2 Å². The largest absolute Gasteiger partial charge is 0.508 e. The first kappa shape index (κ1) is 15.2. The summed E-state index contributed by atoms with van der Waals surface area (Å²) in [4.78, 5) is 14.2. The van der Waals surface area contributed by atoms with Gasteiger partial charge in [-0.1, -0.05) is 6.07 Å². The minimum Gasteiger partial charge on any atom is -0.508 e. The van der Waals surface area contributed by atoms with Crippen LogP contribution >= 0.6 is 0 Å². The third kappa shape index (κ3) is 3.56. The number of benzene rings is 2. The molecular weight excluding hydrogens is 294 g/mol. The quantitative estimate of drug-likeness (QED) is 0.943. The second-order valence-corrected chi connectivity index (χ2v) is 5.51. The molecule has 2 aromatic carbocycles. The number of phenolic OH excluding ortho intramolecular Hbond substituents is 1. The van der Waals surface area contributed by atoms with Crippen molar-refractivity contribution in [3.05, 3.63) is 54.1 Å². The SMILES string of the molecule is COc1ccc(O[C@@H]2CCN(C(=O)c3cccc(O)c3)C2)cc1. The number of carbonyl (C=O) groups is 1. The van der Waals surface area contributed by atoms with Gasteiger partial charge in [0.05, 0.1) is 13.7 Å². The standard InChI is InChI=1S/C18H19NO4/c1-22-15-5-7-16(8-6-15)23-17-9-10-19(12-17)18(21)13-3-2-4-14(20)11-13/h2-8,11,17,20H,9-10,12H2,1H3/t17-/m1/s1. The molecule has 0 spiro atoms. The van der Waals surface area contributed by atoms with E-state index in [9.17, 15) is 9.90 Å². The van der Waals surface area contributed by atoms with Crippen molar-refractivity contribution in [1.82, 2.24) is 4.90 Å². The van der Waals surface area contributed by atoms with E-state index in [4.69, 9.17) is 9.47 Å². The van der Waals surface area contributed by atoms with Gasteiger partial charge in [-0.25, -0.2) is 0 Å². The maximum absolute atomic E-state index is 12.4. The molecule has 1 amide bonds. The van der Waals surface area contributed by atoms with Gasteiger partial charge >= 0.3 is 0 Å². The smallest absolute Gasteiger partial charge is 0.254 e. The number of hydrogen-bond donors (Lipinski definition) is 1. The molecule has 0 saturated carbocycles. The second-order valence-electron chi connectivity index (χ2n) is 5.51. The van der Waals surface area contributed by atoms with Gasteiger partial charge in [-0.2, -0.15) is 0 Å². The average Bonchev–Trinajstić information content (AvgIpc) is 3.03. The summed E-state index contributed by atoms with van der Waals surface area (Å²) in [5, 5.41) is 9.49. The molecule has 1 saturated heterocycles. The Kier molecular flexibility index (Phi) is 4.37. The minimum atomic E-state index is -0.0817. The first-order valence-corrected chi connectivity index (χ1v) is 7.55. The highest BCUT2D eigenvalue weighted by Gasteiger charge is 2.28. The van der Waals surface area contributed by atoms with Crippen LogP contribution in [0.1, 0.15) is 16.8 Å². The Labute approximate surface area is 135 Å². The van der Waals surface area contributed by atoms with Crippen molar-refractivity contribution in [2.24, 2.45) is 0 Å². The number of hydrogen-bond acceptors (Lipinski definition) is 4. The highest BCUT2D eigenvalue weighted by Crippen LogP contribution is 2.23. The monoisotopic (exact) mass is 313 g/mol. The van der Waals surface area contributed by atoms with E-state index in [1.807, 2.05) is 24.3 Å². The van der Waals surface area contributed by atoms with Crippen LogP contribution in [0.2, 0.25) is 0 Å². The fourth-order valence-corrected chi connectivity index (χ4v) is 2.68. The first-order valence-electron chi connectivity index (χ1n) is 7.55. The van der Waals surface area contributed by atoms with Gasteiger partial charge in [0.1, 0.15) is 23.4 Å². The molecule has 5 nitrogen and oxygen atoms in total. The summed E-state index contributed by atoms with van der Waals surface area (Å²) in [7, 11) is 1.62. The first-order chi connectivity index (χ1) is 11.2. The van der Waals surface area contributed by atoms with E-state index in [0.29, 0.717) is 18.7 Å². The molecule has 1 aliphatic heterocycles. The van der Waals surface area contributed by atoms with Crippen molar-refractivity contribution in [1.29, 1.82) is 0 Å². The van der Waals surface area contributed by atoms with E-state index in [2.05, 4.69) is 0 Å². The third-order valence-corrected chi connectivity index (χ3v) is 3.89. The highest BCUT2D eigenvalue weighted by atomic mass is 16.5. The Morgan fingerprint density at radius 2 is 1.91 bits per heavy atom. The lowest BCUT2D eigenvalue weighted by Gasteiger charge is -2.17. The van der Waals surface area contributed by atoms with Crippen molar-refractivity contribution in [2.45, 2.75) is 12.5 Å². The fourth-order valence-electron chi connectivity index (χ4n) is 2.68. The average molecular weight is 313 g/mol. The molecule has 3 rings (SSSR count). The van der Waals surface area contributed by atoms with E-state index in [1.165, 1.54) is 6.07 Å². The lowest BCUT2D eigenvalue weighted by atomic mass is 10.2. The molecule has 0 bridgehead atoms. The zero-order valence-electron chi connectivity index (χ0n) is 12.9. The summed E-state index contributed by atoms with van der Waals surface area (Å²) in [5.74, 6) is 1.56. The molecular formula is C18H19NO4. The van der Waals surface area contributed by atoms with Gasteiger partial charge < -0.3 is 19.5 Å². The summed E-state index contributed by atoms with van der Waals surface area (Å²) in [6.07, 6.45) is 0.765. The van der Waals surface area contributed by atoms with Gasteiger partial charge in [-0.3, -0.25) is 4.79 Å². The molecule has 2 aromatic rings. The number of phenols is 1. The van der Waals surface area contributed by atoms with Crippen molar-refractivity contribution >= 4 is 5.91 Å². The van der Waals surface area contributed by atoms with Gasteiger partial charge in [0.25, 0.3) is 5.91 Å². The van der Waals surface area contributed by atoms with Crippen LogP contribution in [-0.4, -0.2) is 42.2 Å². The molecule has 0 aromatic heterocycles. The third-order valence-electron chi connectivity index (χ3n) is 3.89. The molecule has 0 radical (unpaired) electrons. The maximum atomic E-state index is 12.4. The predicted molar refractivity (Wildman–Crippen MR) is 86.0 cm³/mol. The zero-order chi connectivity index (χ0) is 16.2. The molecule has 0 aliphatic carbocycles. The summed E-state index contributed by atoms with van der Waals surface area (Å²) in [5.41, 5.74) is 0.495. The van der Waals surface area contributed by atoms with Crippen LogP contribution in [0, 0.1) is 0 Å². The molecule has 120 valence electrons. The van der Waals surface area contributed by atoms with Crippen molar-refractivity contribution in [3.8, 4) is 17.2 Å². The van der Waals surface area contributed by atoms with Crippen LogP contribution < -0.4 is 9.47 Å². The van der Waals surface area contributed by atoms with Crippen LogP contribution in [0.15, 0.2) is 48.5 Å². The van der Waals surface area contributed by atoms with Crippen LogP contribution in [-0.2, 0) is 0 Å². The number of rotatable bonds is 4. The van der Waals surface area contributed by atoms with Crippen molar-refractivity contribution in [2.75, 3.05) is 20.2 Å². The lowest BCUT2D eigenvalue weighted by molar-refractivity contribution is 0.0772. The molecule has 1 heterocycles. The Morgan fingerprint density at radius 3 is 2.61 bits per heavy atom. The second kappa shape index (κ2) is 6.60. The number of carbonyl (C=O) groups excluding carboxylic acids is 1. The number of ether oxygens (including phenoxy) is 2. The molecule has 1 fully saturated rings. The lowest BCUT2D eigenvalue weighted by Crippen LogP contribution is -2.30. The topological polar surface area (TPSA) is 59.0 Å². The van der Waals surface area contributed by atoms with E-state index >= 15 is 0 Å². The van der Waals surface area contributed by atoms with E-state index in [0.717, 1.165) is 17.9 Å². The van der Waals surface area contributed by atoms with Gasteiger partial charge in [0, 0.05) is 18.5 Å². The molecule has 1 aliphatic rings. The summed E-state index contributed by atoms with van der Waals surface area (Å²) in [6, 6.07) is 13.8. The summed E-state index contributed by atoms with van der Waals surface area (Å²) in [6.45, 7) is 1.19. The molecule has 0 unspecified atom stereocenters. The summed E-state index contributed by atoms with van der Waals surface area (Å²) < 4.78 is 11.0. The highest BCUT2D eigenvalue weighted by molar-refractivity contribution is 5.94. The van der Waals surface area contributed by atoms with Gasteiger partial charge in [-0.05, 0) is 42.5 Å². The Hall–Kier alpha value is -2.69. The van der Waals surface area contributed by atoms with Crippen molar-refractivity contribution in [3.63, 3.8) is 0 Å². The van der Waals surface area contributed by atoms with Crippen LogP contribution in [0.25, 0.3) is 0 Å². The minimum absolute atomic E-state index is 0.0235. The van der Waals surface area contributed by atoms with Crippen molar-refractivity contribution < 1.29 is 19.4 Å². The molecule has 1 atom stereocenters. The Bertz CT molecular complexity index is 684. The number of nitrogens with zero attached hydrogens (tertiary/aromatic N) is 1. The fraction of sp³-hybridized carbons (Fsp3) is 0.278. The van der Waals surface area contributed by atoms with Crippen LogP contribution in [0.4, 0.5) is 0 Å². The maximum Gasteiger partial charge on any atom is 0.254 e. The molecule has 1 N–H and O–H groups in total. The van der Waals surface area contributed by atoms with E-state index in [-0.39, 0.29) is 17.8 Å². The van der Waals surface area contributed by atoms with Crippen LogP contribution in [0.5, 0.6) is 17.2 Å². The van der Waals surface area contributed by atoms with Crippen LogP contribution in [0.3, 0.4) is 0 Å². The number of aromatic hydroxyl groups is 1. The molecule has 23 heavy (non-hydrogen) atoms. The summed E-state index contributed by atoms with van der Waals surface area (Å²) >= 11 is 0. The van der Waals surface area contributed by atoms with E-state index < -0.39 is 0 Å². The number of methoxy groups -OCH3 is 1. The molecule has 5 heteroatoms. The number of amides is 1. The normalized spacial score (nSPS) is 17.1. The van der Waals surface area contributed by atoms with Gasteiger partial charge in [0.15, 0.2) is 0 Å². The Balaban J connectivity index is 1.60. The van der Waals surface area contributed by atoms with Gasteiger partial charge in [0.2, 0.25) is 0 Å². The Morgan fingerprint density at radius 1 is 1.17 bits per heavy atom. The number of likely N-dealkylation sites (tertiary alicyclic amines) is 1. The zero-order valence-corrected chi connectivity index (χ0v) is 12.9.